The summed E-state index contributed by atoms with van der Waals surface area (Å²) in [4.78, 5) is 22.2. The van der Waals surface area contributed by atoms with Crippen LogP contribution in [-0.2, 0) is 6.54 Å². The molecular formula is C17H20N4O3. The Balaban J connectivity index is 1.50. The van der Waals surface area contributed by atoms with Gasteiger partial charge in [-0.05, 0) is 5.56 Å². The molecule has 24 heavy (non-hydrogen) atoms. The summed E-state index contributed by atoms with van der Waals surface area (Å²) in [5, 5.41) is 2.93. The highest BCUT2D eigenvalue weighted by Crippen LogP contribution is 2.23. The van der Waals surface area contributed by atoms with E-state index in [1.807, 2.05) is 30.3 Å². The fourth-order valence-corrected chi connectivity index (χ4v) is 2.59. The number of hydrogen-bond acceptors (Lipinski definition) is 5. The van der Waals surface area contributed by atoms with Crippen LogP contribution in [0.3, 0.4) is 0 Å². The lowest BCUT2D eigenvalue weighted by atomic mass is 10.2. The van der Waals surface area contributed by atoms with E-state index in [4.69, 9.17) is 9.47 Å². The lowest BCUT2D eigenvalue weighted by Crippen LogP contribution is -2.39. The van der Waals surface area contributed by atoms with Gasteiger partial charge in [-0.25, -0.2) is 14.8 Å². The Morgan fingerprint density at radius 2 is 2.00 bits per heavy atom. The van der Waals surface area contributed by atoms with Crippen molar-refractivity contribution in [3.05, 3.63) is 48.3 Å². The van der Waals surface area contributed by atoms with Crippen molar-refractivity contribution in [1.82, 2.24) is 20.2 Å². The number of methoxy groups -OCH3 is 1. The van der Waals surface area contributed by atoms with Gasteiger partial charge in [0.05, 0.1) is 13.7 Å². The van der Waals surface area contributed by atoms with Crippen LogP contribution in [0.25, 0.3) is 0 Å². The fraction of sp³-hybridized carbons (Fsp3) is 0.353. The van der Waals surface area contributed by atoms with Crippen molar-refractivity contribution >= 4 is 6.03 Å². The van der Waals surface area contributed by atoms with E-state index < -0.39 is 0 Å². The van der Waals surface area contributed by atoms with Crippen LogP contribution >= 0.6 is 0 Å². The minimum Gasteiger partial charge on any atom is -0.477 e. The van der Waals surface area contributed by atoms with Gasteiger partial charge in [0.25, 0.3) is 11.8 Å². The van der Waals surface area contributed by atoms with Crippen LogP contribution in [0.1, 0.15) is 12.0 Å². The predicted molar refractivity (Wildman–Crippen MR) is 87.9 cm³/mol. The number of hydrogen-bond donors (Lipinski definition) is 1. The highest BCUT2D eigenvalue weighted by Gasteiger charge is 2.28. The molecule has 0 unspecified atom stereocenters. The molecule has 1 aliphatic heterocycles. The first-order valence-electron chi connectivity index (χ1n) is 7.84. The van der Waals surface area contributed by atoms with Crippen LogP contribution in [0, 0.1) is 0 Å². The van der Waals surface area contributed by atoms with Crippen LogP contribution in [0.5, 0.6) is 11.8 Å². The maximum Gasteiger partial charge on any atom is 0.317 e. The van der Waals surface area contributed by atoms with Crippen LogP contribution in [0.2, 0.25) is 0 Å². The molecule has 1 aromatic heterocycles. The van der Waals surface area contributed by atoms with Crippen molar-refractivity contribution in [1.29, 1.82) is 0 Å². The van der Waals surface area contributed by atoms with Gasteiger partial charge < -0.3 is 19.7 Å². The lowest BCUT2D eigenvalue weighted by Gasteiger charge is -2.18. The standard InChI is InChI=1S/C17H20N4O3/c1-23-15-16(19-9-8-18-15)24-14-7-10-21(12-14)17(22)20-11-13-5-3-2-4-6-13/h2-6,8-9,14H,7,10-12H2,1H3,(H,20,22)/t14-/m1/s1. The van der Waals surface area contributed by atoms with E-state index >= 15 is 0 Å². The van der Waals surface area contributed by atoms with Gasteiger partial charge in [0.2, 0.25) is 0 Å². The summed E-state index contributed by atoms with van der Waals surface area (Å²) in [5.74, 6) is 0.709. The molecule has 1 saturated heterocycles. The minimum absolute atomic E-state index is 0.0870. The number of carbonyl (C=O) groups excluding carboxylic acids is 1. The second-order valence-corrected chi connectivity index (χ2v) is 5.49. The molecule has 2 aromatic rings. The van der Waals surface area contributed by atoms with Crippen molar-refractivity contribution in [3.63, 3.8) is 0 Å². The largest absolute Gasteiger partial charge is 0.477 e. The second kappa shape index (κ2) is 7.63. The quantitative estimate of drug-likeness (QED) is 0.906. The number of nitrogens with one attached hydrogen (secondary N) is 1. The average Bonchev–Trinajstić information content (AvgIpc) is 3.10. The molecule has 2 amide bonds. The van der Waals surface area contributed by atoms with Gasteiger partial charge in [0, 0.05) is 31.9 Å². The first-order valence-corrected chi connectivity index (χ1v) is 7.84. The first kappa shape index (κ1) is 16.0. The zero-order valence-corrected chi connectivity index (χ0v) is 13.5. The molecule has 0 aliphatic carbocycles. The van der Waals surface area contributed by atoms with Gasteiger partial charge in [-0.1, -0.05) is 30.3 Å². The van der Waals surface area contributed by atoms with E-state index in [1.54, 1.807) is 17.3 Å². The highest BCUT2D eigenvalue weighted by molar-refractivity contribution is 5.74. The van der Waals surface area contributed by atoms with Crippen LogP contribution in [-0.4, -0.2) is 47.2 Å². The smallest absolute Gasteiger partial charge is 0.317 e. The number of aromatic nitrogens is 2. The molecule has 1 aliphatic rings. The van der Waals surface area contributed by atoms with E-state index in [2.05, 4.69) is 15.3 Å². The molecule has 1 N–H and O–H groups in total. The Hall–Kier alpha value is -2.83. The van der Waals surface area contributed by atoms with Crippen molar-refractivity contribution in [2.24, 2.45) is 0 Å². The van der Waals surface area contributed by atoms with Gasteiger partial charge in [-0.2, -0.15) is 0 Å². The summed E-state index contributed by atoms with van der Waals surface area (Å²) < 4.78 is 10.9. The summed E-state index contributed by atoms with van der Waals surface area (Å²) in [7, 11) is 1.52. The Labute approximate surface area is 140 Å². The van der Waals surface area contributed by atoms with Gasteiger partial charge in [0.15, 0.2) is 0 Å². The van der Waals surface area contributed by atoms with Crippen LogP contribution in [0.15, 0.2) is 42.7 Å². The zero-order valence-electron chi connectivity index (χ0n) is 13.5. The van der Waals surface area contributed by atoms with E-state index in [9.17, 15) is 4.79 Å². The Kier molecular flexibility index (Phi) is 5.10. The Bertz CT molecular complexity index is 681. The van der Waals surface area contributed by atoms with E-state index in [0.717, 1.165) is 12.0 Å². The third-order valence-corrected chi connectivity index (χ3v) is 3.82. The topological polar surface area (TPSA) is 76.6 Å². The molecule has 1 fully saturated rings. The molecule has 1 atom stereocenters. The van der Waals surface area contributed by atoms with Crippen LogP contribution in [0.4, 0.5) is 4.79 Å². The molecule has 0 spiro atoms. The van der Waals surface area contributed by atoms with Crippen molar-refractivity contribution < 1.29 is 14.3 Å². The molecule has 126 valence electrons. The Morgan fingerprint density at radius 1 is 1.25 bits per heavy atom. The average molecular weight is 328 g/mol. The van der Waals surface area contributed by atoms with Gasteiger partial charge in [0.1, 0.15) is 6.10 Å². The normalized spacial score (nSPS) is 16.7. The van der Waals surface area contributed by atoms with Crippen molar-refractivity contribution in [3.8, 4) is 11.8 Å². The zero-order chi connectivity index (χ0) is 16.8. The summed E-state index contributed by atoms with van der Waals surface area (Å²) in [6.45, 7) is 1.67. The maximum absolute atomic E-state index is 12.2. The van der Waals surface area contributed by atoms with E-state index in [1.165, 1.54) is 7.11 Å². The third kappa shape index (κ3) is 3.92. The second-order valence-electron chi connectivity index (χ2n) is 5.49. The molecule has 0 radical (unpaired) electrons. The molecule has 2 heterocycles. The Morgan fingerprint density at radius 3 is 2.75 bits per heavy atom. The van der Waals surface area contributed by atoms with Crippen LogP contribution < -0.4 is 14.8 Å². The number of benzene rings is 1. The molecular weight excluding hydrogens is 308 g/mol. The van der Waals surface area contributed by atoms with Gasteiger partial charge in [-0.15, -0.1) is 0 Å². The number of rotatable bonds is 5. The number of carbonyl (C=O) groups is 1. The summed E-state index contributed by atoms with van der Waals surface area (Å²) in [6.07, 6.45) is 3.73. The molecule has 0 bridgehead atoms. The van der Waals surface area contributed by atoms with Gasteiger partial charge in [-0.3, -0.25) is 0 Å². The summed E-state index contributed by atoms with van der Waals surface area (Å²) >= 11 is 0. The third-order valence-electron chi connectivity index (χ3n) is 3.82. The number of amides is 2. The first-order chi connectivity index (χ1) is 11.8. The fourth-order valence-electron chi connectivity index (χ4n) is 2.59. The van der Waals surface area contributed by atoms with Crippen molar-refractivity contribution in [2.45, 2.75) is 19.1 Å². The molecule has 1 aromatic carbocycles. The molecule has 3 rings (SSSR count). The monoisotopic (exact) mass is 328 g/mol. The lowest BCUT2D eigenvalue weighted by molar-refractivity contribution is 0.177. The summed E-state index contributed by atoms with van der Waals surface area (Å²) in [5.41, 5.74) is 1.07. The highest BCUT2D eigenvalue weighted by atomic mass is 16.5. The minimum atomic E-state index is -0.113. The molecule has 0 saturated carbocycles. The maximum atomic E-state index is 12.2. The van der Waals surface area contributed by atoms with E-state index in [0.29, 0.717) is 31.4 Å². The SMILES string of the molecule is COc1nccnc1O[C@@H]1CCN(C(=O)NCc2ccccc2)C1. The van der Waals surface area contributed by atoms with Crippen molar-refractivity contribution in [2.75, 3.05) is 20.2 Å². The number of likely N-dealkylation sites (tertiary alicyclic amines) is 1. The van der Waals surface area contributed by atoms with Gasteiger partial charge >= 0.3 is 6.03 Å². The molecule has 7 nitrogen and oxygen atoms in total. The molecule has 7 heteroatoms. The summed E-state index contributed by atoms with van der Waals surface area (Å²) in [6, 6.07) is 9.74. The number of nitrogens with zero attached hydrogens (tertiary/aromatic N) is 3. The number of urea groups is 1. The van der Waals surface area contributed by atoms with E-state index in [-0.39, 0.29) is 12.1 Å². The predicted octanol–water partition coefficient (Wildman–Crippen LogP) is 1.85. The number of ether oxygens (including phenoxy) is 2.